The number of anilines is 1. The summed E-state index contributed by atoms with van der Waals surface area (Å²) in [5, 5.41) is 2.74. The molecule has 0 saturated carbocycles. The molecule has 1 amide bonds. The van der Waals surface area contributed by atoms with Gasteiger partial charge in [-0.1, -0.05) is 0 Å². The maximum Gasteiger partial charge on any atom is 0.255 e. The van der Waals surface area contributed by atoms with Crippen LogP contribution in [0.15, 0.2) is 42.5 Å². The van der Waals surface area contributed by atoms with Gasteiger partial charge in [0.25, 0.3) is 5.91 Å². The van der Waals surface area contributed by atoms with E-state index in [0.717, 1.165) is 19.4 Å². The van der Waals surface area contributed by atoms with E-state index in [1.807, 2.05) is 0 Å². The zero-order chi connectivity index (χ0) is 18.4. The molecule has 1 saturated heterocycles. The monoisotopic (exact) mass is 359 g/mol. The molecule has 6 heteroatoms. The van der Waals surface area contributed by atoms with Crippen LogP contribution in [0.5, 0.6) is 11.5 Å². The fraction of sp³-hybridized carbons (Fsp3) is 0.350. The molecule has 2 aromatic carbocycles. The summed E-state index contributed by atoms with van der Waals surface area (Å²) < 4.78 is 29.9. The standard InChI is InChI=1S/C20H22FNO4/c1-2-24-19-12-15(21)7-10-18(19)22-20(23)14-5-8-16(9-6-14)26-13-17-4-3-11-25-17/h5-10,12,17H,2-4,11,13H2,1H3,(H,22,23). The molecule has 138 valence electrons. The first-order chi connectivity index (χ1) is 12.7. The first kappa shape index (κ1) is 18.2. The molecule has 3 rings (SSSR count). The minimum atomic E-state index is -0.417. The molecule has 26 heavy (non-hydrogen) atoms. The molecule has 1 fully saturated rings. The van der Waals surface area contributed by atoms with Crippen LogP contribution in [0.2, 0.25) is 0 Å². The number of carbonyl (C=O) groups excluding carboxylic acids is 1. The summed E-state index contributed by atoms with van der Waals surface area (Å²) in [4.78, 5) is 12.4. The van der Waals surface area contributed by atoms with E-state index < -0.39 is 5.82 Å². The summed E-state index contributed by atoms with van der Waals surface area (Å²) in [6, 6.07) is 10.9. The number of rotatable bonds is 7. The van der Waals surface area contributed by atoms with Crippen LogP contribution in [0.1, 0.15) is 30.1 Å². The van der Waals surface area contributed by atoms with Gasteiger partial charge < -0.3 is 19.5 Å². The molecular weight excluding hydrogens is 337 g/mol. The first-order valence-electron chi connectivity index (χ1n) is 8.74. The lowest BCUT2D eigenvalue weighted by atomic mass is 10.2. The van der Waals surface area contributed by atoms with Crippen molar-refractivity contribution in [2.45, 2.75) is 25.9 Å². The Balaban J connectivity index is 1.61. The quantitative estimate of drug-likeness (QED) is 0.811. The third-order valence-corrected chi connectivity index (χ3v) is 4.07. The molecule has 0 aliphatic carbocycles. The van der Waals surface area contributed by atoms with Crippen molar-refractivity contribution < 1.29 is 23.4 Å². The first-order valence-corrected chi connectivity index (χ1v) is 8.74. The average molecular weight is 359 g/mol. The van der Waals surface area contributed by atoms with Crippen molar-refractivity contribution in [3.05, 3.63) is 53.8 Å². The average Bonchev–Trinajstić information content (AvgIpc) is 3.16. The molecule has 1 aliphatic rings. The fourth-order valence-electron chi connectivity index (χ4n) is 2.74. The van der Waals surface area contributed by atoms with Gasteiger partial charge >= 0.3 is 0 Å². The Hall–Kier alpha value is -2.60. The summed E-state index contributed by atoms with van der Waals surface area (Å²) in [6.45, 7) is 3.48. The third-order valence-electron chi connectivity index (χ3n) is 4.07. The zero-order valence-corrected chi connectivity index (χ0v) is 14.7. The van der Waals surface area contributed by atoms with Gasteiger partial charge in [-0.05, 0) is 56.2 Å². The molecule has 1 N–H and O–H groups in total. The molecule has 1 heterocycles. The molecule has 0 radical (unpaired) electrons. The van der Waals surface area contributed by atoms with Crippen LogP contribution in [-0.2, 0) is 4.74 Å². The van der Waals surface area contributed by atoms with Crippen LogP contribution in [-0.4, -0.2) is 31.8 Å². The van der Waals surface area contributed by atoms with E-state index >= 15 is 0 Å². The number of halogens is 1. The van der Waals surface area contributed by atoms with E-state index in [1.54, 1.807) is 31.2 Å². The largest absolute Gasteiger partial charge is 0.492 e. The number of hydrogen-bond acceptors (Lipinski definition) is 4. The Morgan fingerprint density at radius 2 is 2.04 bits per heavy atom. The van der Waals surface area contributed by atoms with Crippen molar-refractivity contribution in [2.75, 3.05) is 25.1 Å². The molecule has 1 aliphatic heterocycles. The summed E-state index contributed by atoms with van der Waals surface area (Å²) in [7, 11) is 0. The Morgan fingerprint density at radius 3 is 2.73 bits per heavy atom. The molecule has 5 nitrogen and oxygen atoms in total. The Labute approximate surface area is 152 Å². The Kier molecular flexibility index (Phi) is 6.07. The van der Waals surface area contributed by atoms with Crippen molar-refractivity contribution in [1.82, 2.24) is 0 Å². The van der Waals surface area contributed by atoms with E-state index in [-0.39, 0.29) is 12.0 Å². The molecule has 0 spiro atoms. The van der Waals surface area contributed by atoms with Gasteiger partial charge in [0.2, 0.25) is 0 Å². The second-order valence-corrected chi connectivity index (χ2v) is 6.00. The minimum absolute atomic E-state index is 0.147. The van der Waals surface area contributed by atoms with Gasteiger partial charge in [0, 0.05) is 18.2 Å². The van der Waals surface area contributed by atoms with Crippen LogP contribution in [0.4, 0.5) is 10.1 Å². The summed E-state index contributed by atoms with van der Waals surface area (Å²) in [6.07, 6.45) is 2.23. The second-order valence-electron chi connectivity index (χ2n) is 6.00. The van der Waals surface area contributed by atoms with Crippen LogP contribution in [0.3, 0.4) is 0 Å². The Morgan fingerprint density at radius 1 is 1.23 bits per heavy atom. The highest BCUT2D eigenvalue weighted by atomic mass is 19.1. The SMILES string of the molecule is CCOc1cc(F)ccc1NC(=O)c1ccc(OCC2CCCO2)cc1. The number of benzene rings is 2. The third kappa shape index (κ3) is 4.73. The number of carbonyl (C=O) groups is 1. The normalized spacial score (nSPS) is 16.3. The lowest BCUT2D eigenvalue weighted by Crippen LogP contribution is -2.16. The zero-order valence-electron chi connectivity index (χ0n) is 14.7. The minimum Gasteiger partial charge on any atom is -0.492 e. The van der Waals surface area contributed by atoms with E-state index in [2.05, 4.69) is 5.32 Å². The fourth-order valence-corrected chi connectivity index (χ4v) is 2.74. The Bertz CT molecular complexity index is 742. The van der Waals surface area contributed by atoms with Crippen molar-refractivity contribution >= 4 is 11.6 Å². The molecule has 1 atom stereocenters. The van der Waals surface area contributed by atoms with E-state index in [1.165, 1.54) is 18.2 Å². The highest BCUT2D eigenvalue weighted by Gasteiger charge is 2.16. The highest BCUT2D eigenvalue weighted by Crippen LogP contribution is 2.26. The van der Waals surface area contributed by atoms with Gasteiger partial charge in [-0.3, -0.25) is 4.79 Å². The lowest BCUT2D eigenvalue weighted by molar-refractivity contribution is 0.0679. The van der Waals surface area contributed by atoms with Gasteiger partial charge in [0.05, 0.1) is 18.4 Å². The van der Waals surface area contributed by atoms with Crippen molar-refractivity contribution in [1.29, 1.82) is 0 Å². The summed E-state index contributed by atoms with van der Waals surface area (Å²) in [5.41, 5.74) is 0.901. The summed E-state index contributed by atoms with van der Waals surface area (Å²) >= 11 is 0. The van der Waals surface area contributed by atoms with Crippen molar-refractivity contribution in [3.63, 3.8) is 0 Å². The number of amides is 1. The highest BCUT2D eigenvalue weighted by molar-refractivity contribution is 6.05. The van der Waals surface area contributed by atoms with Crippen LogP contribution >= 0.6 is 0 Å². The molecular formula is C20H22FNO4. The van der Waals surface area contributed by atoms with Crippen LogP contribution in [0.25, 0.3) is 0 Å². The number of hydrogen-bond donors (Lipinski definition) is 1. The molecule has 0 bridgehead atoms. The van der Waals surface area contributed by atoms with Crippen molar-refractivity contribution in [3.8, 4) is 11.5 Å². The van der Waals surface area contributed by atoms with Gasteiger partial charge in [-0.2, -0.15) is 0 Å². The number of nitrogens with one attached hydrogen (secondary N) is 1. The van der Waals surface area contributed by atoms with Gasteiger partial charge in [-0.15, -0.1) is 0 Å². The molecule has 0 aromatic heterocycles. The van der Waals surface area contributed by atoms with Gasteiger partial charge in [0.15, 0.2) is 0 Å². The molecule has 1 unspecified atom stereocenters. The predicted octanol–water partition coefficient (Wildman–Crippen LogP) is 4.03. The van der Waals surface area contributed by atoms with E-state index in [0.29, 0.717) is 36.0 Å². The maximum atomic E-state index is 13.3. The van der Waals surface area contributed by atoms with Crippen molar-refractivity contribution in [2.24, 2.45) is 0 Å². The molecule has 2 aromatic rings. The lowest BCUT2D eigenvalue weighted by Gasteiger charge is -2.13. The van der Waals surface area contributed by atoms with Crippen LogP contribution < -0.4 is 14.8 Å². The number of ether oxygens (including phenoxy) is 3. The van der Waals surface area contributed by atoms with E-state index in [4.69, 9.17) is 14.2 Å². The topological polar surface area (TPSA) is 56.8 Å². The van der Waals surface area contributed by atoms with Crippen LogP contribution in [0, 0.1) is 5.82 Å². The second kappa shape index (κ2) is 8.67. The van der Waals surface area contributed by atoms with E-state index in [9.17, 15) is 9.18 Å². The smallest absolute Gasteiger partial charge is 0.255 e. The maximum absolute atomic E-state index is 13.3. The van der Waals surface area contributed by atoms with Gasteiger partial charge in [0.1, 0.15) is 23.9 Å². The predicted molar refractivity (Wildman–Crippen MR) is 96.4 cm³/mol. The van der Waals surface area contributed by atoms with Gasteiger partial charge in [-0.25, -0.2) is 4.39 Å². The summed E-state index contributed by atoms with van der Waals surface area (Å²) in [5.74, 6) is 0.272.